The summed E-state index contributed by atoms with van der Waals surface area (Å²) in [5.74, 6) is 1.08. The Kier molecular flexibility index (Phi) is 5.24. The molecule has 7 heteroatoms. The maximum atomic E-state index is 12.7. The van der Waals surface area contributed by atoms with Crippen molar-refractivity contribution in [2.75, 3.05) is 19.6 Å². The fourth-order valence-electron chi connectivity index (χ4n) is 4.53. The van der Waals surface area contributed by atoms with E-state index in [4.69, 9.17) is 0 Å². The predicted octanol–water partition coefficient (Wildman–Crippen LogP) is 2.25. The molecule has 0 saturated carbocycles. The Labute approximate surface area is 153 Å². The quantitative estimate of drug-likeness (QED) is 0.860. The molecule has 138 valence electrons. The highest BCUT2D eigenvalue weighted by Gasteiger charge is 2.32. The molecule has 0 bridgehead atoms. The van der Waals surface area contributed by atoms with E-state index >= 15 is 0 Å². The summed E-state index contributed by atoms with van der Waals surface area (Å²) in [6, 6.07) is 8.12. The topological polar surface area (TPSA) is 86.8 Å². The average Bonchev–Trinajstić information content (AvgIpc) is 3.23. The third kappa shape index (κ3) is 3.62. The van der Waals surface area contributed by atoms with Crippen LogP contribution in [0.1, 0.15) is 48.9 Å². The van der Waals surface area contributed by atoms with E-state index in [9.17, 15) is 4.79 Å². The van der Waals surface area contributed by atoms with E-state index in [1.807, 2.05) is 24.3 Å². The number of carbonyl (C=O) groups excluding carboxylic acids is 1. The molecule has 1 aromatic heterocycles. The molecule has 4 rings (SSSR count). The molecule has 2 aliphatic rings. The van der Waals surface area contributed by atoms with Crippen LogP contribution in [-0.4, -0.2) is 57.1 Å². The summed E-state index contributed by atoms with van der Waals surface area (Å²) in [4.78, 5) is 15.3. The molecule has 2 saturated heterocycles. The molecular formula is C19H26N6O. The van der Waals surface area contributed by atoms with E-state index < -0.39 is 0 Å². The Balaban J connectivity index is 1.36. The lowest BCUT2D eigenvalue weighted by atomic mass is 9.81. The first kappa shape index (κ1) is 17.1. The van der Waals surface area contributed by atoms with Crippen LogP contribution in [0.5, 0.6) is 0 Å². The summed E-state index contributed by atoms with van der Waals surface area (Å²) < 4.78 is 0. The molecule has 2 N–H and O–H groups in total. The number of H-pyrrole nitrogens is 1. The standard InChI is InChI=1S/C19H26N6O/c26-19(16-8-2-1-7-15(16)18-21-23-24-22-18)20-11-10-14-6-5-13-25-12-4-3-9-17(14)25/h1-2,7-8,14,17H,3-6,9-13H2,(H,20,26)(H,21,22,23,24)/t14-,17+/m0/s1. The van der Waals surface area contributed by atoms with Crippen LogP contribution in [0, 0.1) is 5.92 Å². The zero-order valence-electron chi connectivity index (χ0n) is 15.0. The van der Waals surface area contributed by atoms with Gasteiger partial charge in [0.05, 0.1) is 5.56 Å². The molecular weight excluding hydrogens is 328 g/mol. The van der Waals surface area contributed by atoms with E-state index in [2.05, 4.69) is 30.8 Å². The number of carbonyl (C=O) groups is 1. The maximum absolute atomic E-state index is 12.7. The van der Waals surface area contributed by atoms with E-state index in [0.717, 1.165) is 12.5 Å². The molecule has 2 aromatic rings. The van der Waals surface area contributed by atoms with E-state index in [0.29, 0.717) is 29.4 Å². The van der Waals surface area contributed by atoms with Crippen molar-refractivity contribution in [2.24, 2.45) is 5.92 Å². The Bertz CT molecular complexity index is 729. The summed E-state index contributed by atoms with van der Waals surface area (Å²) in [5.41, 5.74) is 1.30. The molecule has 26 heavy (non-hydrogen) atoms. The highest BCUT2D eigenvalue weighted by Crippen LogP contribution is 2.32. The second kappa shape index (κ2) is 7.95. The van der Waals surface area contributed by atoms with E-state index in [1.165, 1.54) is 45.2 Å². The van der Waals surface area contributed by atoms with Crippen molar-refractivity contribution >= 4 is 5.91 Å². The van der Waals surface area contributed by atoms with Crippen molar-refractivity contribution in [1.82, 2.24) is 30.8 Å². The first-order valence-corrected chi connectivity index (χ1v) is 9.68. The number of rotatable bonds is 5. The van der Waals surface area contributed by atoms with Gasteiger partial charge in [-0.2, -0.15) is 5.21 Å². The first-order chi connectivity index (χ1) is 12.8. The molecule has 0 spiro atoms. The Morgan fingerprint density at radius 2 is 2.08 bits per heavy atom. The number of fused-ring (bicyclic) bond motifs is 1. The van der Waals surface area contributed by atoms with Gasteiger partial charge in [0.2, 0.25) is 5.82 Å². The van der Waals surface area contributed by atoms with Crippen LogP contribution in [0.4, 0.5) is 0 Å². The minimum Gasteiger partial charge on any atom is -0.352 e. The number of hydrogen-bond acceptors (Lipinski definition) is 5. The van der Waals surface area contributed by atoms with Gasteiger partial charge in [-0.15, -0.1) is 10.2 Å². The van der Waals surface area contributed by atoms with Crippen molar-refractivity contribution in [2.45, 2.75) is 44.6 Å². The largest absolute Gasteiger partial charge is 0.352 e. The van der Waals surface area contributed by atoms with Gasteiger partial charge in [-0.3, -0.25) is 4.79 Å². The number of nitrogens with zero attached hydrogens (tertiary/aromatic N) is 4. The minimum atomic E-state index is -0.0679. The van der Waals surface area contributed by atoms with Crippen molar-refractivity contribution in [3.8, 4) is 11.4 Å². The fraction of sp³-hybridized carbons (Fsp3) is 0.579. The summed E-state index contributed by atoms with van der Waals surface area (Å²) in [6.07, 6.45) is 7.64. The van der Waals surface area contributed by atoms with Crippen LogP contribution in [0.2, 0.25) is 0 Å². The SMILES string of the molecule is O=C(NCC[C@@H]1CCCN2CCCC[C@H]12)c1ccccc1-c1nn[nH]n1. The van der Waals surface area contributed by atoms with E-state index in [-0.39, 0.29) is 5.91 Å². The number of hydrogen-bond donors (Lipinski definition) is 2. The van der Waals surface area contributed by atoms with Crippen LogP contribution in [-0.2, 0) is 0 Å². The molecule has 2 aliphatic heterocycles. The lowest BCUT2D eigenvalue weighted by molar-refractivity contribution is 0.0554. The van der Waals surface area contributed by atoms with Gasteiger partial charge in [0.15, 0.2) is 0 Å². The van der Waals surface area contributed by atoms with Gasteiger partial charge in [-0.05, 0) is 62.4 Å². The van der Waals surface area contributed by atoms with Crippen LogP contribution < -0.4 is 5.32 Å². The van der Waals surface area contributed by atoms with Crippen molar-refractivity contribution in [1.29, 1.82) is 0 Å². The molecule has 1 amide bonds. The van der Waals surface area contributed by atoms with Crippen LogP contribution in [0.15, 0.2) is 24.3 Å². The van der Waals surface area contributed by atoms with E-state index in [1.54, 1.807) is 0 Å². The third-order valence-corrected chi connectivity index (χ3v) is 5.79. The van der Waals surface area contributed by atoms with Gasteiger partial charge in [0.25, 0.3) is 5.91 Å². The first-order valence-electron chi connectivity index (χ1n) is 9.68. The molecule has 2 atom stereocenters. The number of tetrazole rings is 1. The van der Waals surface area contributed by atoms with Gasteiger partial charge in [-0.1, -0.05) is 24.6 Å². The van der Waals surface area contributed by atoms with Crippen LogP contribution >= 0.6 is 0 Å². The molecule has 2 fully saturated rings. The zero-order valence-corrected chi connectivity index (χ0v) is 15.0. The monoisotopic (exact) mass is 354 g/mol. The summed E-state index contributed by atoms with van der Waals surface area (Å²) in [5, 5.41) is 17.1. The number of aromatic nitrogens is 4. The van der Waals surface area contributed by atoms with Crippen LogP contribution in [0.25, 0.3) is 11.4 Å². The normalized spacial score (nSPS) is 23.4. The zero-order chi connectivity index (χ0) is 17.8. The van der Waals surface area contributed by atoms with Crippen molar-refractivity contribution in [3.63, 3.8) is 0 Å². The molecule has 0 aliphatic carbocycles. The fourth-order valence-corrected chi connectivity index (χ4v) is 4.53. The third-order valence-electron chi connectivity index (χ3n) is 5.79. The van der Waals surface area contributed by atoms with Gasteiger partial charge in [0.1, 0.15) is 0 Å². The lowest BCUT2D eigenvalue weighted by Gasteiger charge is -2.44. The highest BCUT2D eigenvalue weighted by atomic mass is 16.1. The summed E-state index contributed by atoms with van der Waals surface area (Å²) in [7, 11) is 0. The average molecular weight is 354 g/mol. The number of amides is 1. The lowest BCUT2D eigenvalue weighted by Crippen LogP contribution is -2.48. The smallest absolute Gasteiger partial charge is 0.252 e. The summed E-state index contributed by atoms with van der Waals surface area (Å²) >= 11 is 0. The predicted molar refractivity (Wildman–Crippen MR) is 98.5 cm³/mol. The van der Waals surface area contributed by atoms with Crippen molar-refractivity contribution in [3.05, 3.63) is 29.8 Å². The minimum absolute atomic E-state index is 0.0679. The number of nitrogens with one attached hydrogen (secondary N) is 2. The van der Waals surface area contributed by atoms with Gasteiger partial charge in [-0.25, -0.2) is 0 Å². The van der Waals surface area contributed by atoms with Gasteiger partial charge < -0.3 is 10.2 Å². The molecule has 0 unspecified atom stereocenters. The Morgan fingerprint density at radius 3 is 2.96 bits per heavy atom. The molecule has 0 radical (unpaired) electrons. The van der Waals surface area contributed by atoms with Gasteiger partial charge >= 0.3 is 0 Å². The number of piperidine rings is 2. The van der Waals surface area contributed by atoms with Crippen molar-refractivity contribution < 1.29 is 4.79 Å². The van der Waals surface area contributed by atoms with Crippen LogP contribution in [0.3, 0.4) is 0 Å². The molecule has 3 heterocycles. The second-order valence-electron chi connectivity index (χ2n) is 7.33. The molecule has 7 nitrogen and oxygen atoms in total. The second-order valence-corrected chi connectivity index (χ2v) is 7.33. The highest BCUT2D eigenvalue weighted by molar-refractivity contribution is 6.00. The van der Waals surface area contributed by atoms with Gasteiger partial charge in [0, 0.05) is 18.2 Å². The molecule has 1 aromatic carbocycles. The summed E-state index contributed by atoms with van der Waals surface area (Å²) in [6.45, 7) is 3.23. The maximum Gasteiger partial charge on any atom is 0.252 e. The number of benzene rings is 1. The Hall–Kier alpha value is -2.28. The number of aromatic amines is 1. The Morgan fingerprint density at radius 1 is 1.19 bits per heavy atom.